The first kappa shape index (κ1) is 10.0. The smallest absolute Gasteiger partial charge is 0.0478 e. The maximum atomic E-state index is 6.23. The SMILES string of the molecule is Cc1ccc2c(c1)C(C)N(Cl)C(C)C2. The number of hydrogen-bond donors (Lipinski definition) is 0. The lowest BCUT2D eigenvalue weighted by Crippen LogP contribution is -2.34. The second-order valence-corrected chi connectivity index (χ2v) is 4.67. The van der Waals surface area contributed by atoms with Crippen LogP contribution in [0.3, 0.4) is 0 Å². The molecule has 0 N–H and O–H groups in total. The summed E-state index contributed by atoms with van der Waals surface area (Å²) in [6.07, 6.45) is 1.06. The van der Waals surface area contributed by atoms with Gasteiger partial charge in [0.1, 0.15) is 0 Å². The zero-order valence-corrected chi connectivity index (χ0v) is 9.67. The predicted molar refractivity (Wildman–Crippen MR) is 60.5 cm³/mol. The van der Waals surface area contributed by atoms with Crippen molar-refractivity contribution in [3.8, 4) is 0 Å². The molecule has 2 unspecified atom stereocenters. The van der Waals surface area contributed by atoms with Crippen LogP contribution in [0.25, 0.3) is 0 Å². The van der Waals surface area contributed by atoms with Crippen molar-refractivity contribution >= 4 is 11.8 Å². The van der Waals surface area contributed by atoms with E-state index in [9.17, 15) is 0 Å². The Bertz CT molecular complexity index is 348. The Kier molecular flexibility index (Phi) is 2.54. The maximum absolute atomic E-state index is 6.23. The summed E-state index contributed by atoms with van der Waals surface area (Å²) in [6, 6.07) is 7.43. The van der Waals surface area contributed by atoms with Crippen LogP contribution in [0.1, 0.15) is 36.6 Å². The van der Waals surface area contributed by atoms with Gasteiger partial charge in [-0.3, -0.25) is 0 Å². The van der Waals surface area contributed by atoms with Crippen LogP contribution in [0.2, 0.25) is 0 Å². The van der Waals surface area contributed by atoms with Gasteiger partial charge in [-0.15, -0.1) is 0 Å². The summed E-state index contributed by atoms with van der Waals surface area (Å²) in [5.74, 6) is 0. The normalized spacial score (nSPS) is 27.4. The molecule has 0 saturated heterocycles. The molecule has 2 atom stereocenters. The minimum atomic E-state index is 0.329. The second kappa shape index (κ2) is 3.56. The van der Waals surface area contributed by atoms with Crippen LogP contribution in [-0.2, 0) is 6.42 Å². The number of rotatable bonds is 0. The quantitative estimate of drug-likeness (QED) is 0.592. The van der Waals surface area contributed by atoms with Crippen molar-refractivity contribution in [2.45, 2.75) is 39.3 Å². The fourth-order valence-electron chi connectivity index (χ4n) is 2.21. The summed E-state index contributed by atoms with van der Waals surface area (Å²) in [6.45, 7) is 6.47. The van der Waals surface area contributed by atoms with Crippen LogP contribution >= 0.6 is 11.8 Å². The molecule has 0 radical (unpaired) electrons. The largest absolute Gasteiger partial charge is 0.210 e. The van der Waals surface area contributed by atoms with Gasteiger partial charge in [0.2, 0.25) is 0 Å². The summed E-state index contributed by atoms with van der Waals surface area (Å²) >= 11 is 6.23. The minimum Gasteiger partial charge on any atom is -0.210 e. The fourth-order valence-corrected chi connectivity index (χ4v) is 2.38. The Labute approximate surface area is 90.8 Å². The lowest BCUT2D eigenvalue weighted by atomic mass is 9.90. The number of aryl methyl sites for hydroxylation is 1. The highest BCUT2D eigenvalue weighted by Crippen LogP contribution is 2.34. The van der Waals surface area contributed by atoms with Crippen molar-refractivity contribution < 1.29 is 0 Å². The van der Waals surface area contributed by atoms with Crippen molar-refractivity contribution in [1.82, 2.24) is 4.42 Å². The highest BCUT2D eigenvalue weighted by Gasteiger charge is 2.27. The number of fused-ring (bicyclic) bond motifs is 1. The maximum Gasteiger partial charge on any atom is 0.0478 e. The standard InChI is InChI=1S/C12H16ClN/c1-8-4-5-11-7-9(2)14(13)10(3)12(11)6-8/h4-6,9-10H,7H2,1-3H3. The minimum absolute atomic E-state index is 0.329. The topological polar surface area (TPSA) is 3.24 Å². The molecule has 14 heavy (non-hydrogen) atoms. The van der Waals surface area contributed by atoms with Crippen molar-refractivity contribution in [2.24, 2.45) is 0 Å². The lowest BCUT2D eigenvalue weighted by molar-refractivity contribution is 0.269. The molecule has 2 rings (SSSR count). The van der Waals surface area contributed by atoms with Crippen molar-refractivity contribution in [2.75, 3.05) is 0 Å². The molecular weight excluding hydrogens is 194 g/mol. The Morgan fingerprint density at radius 2 is 2.07 bits per heavy atom. The molecule has 1 aromatic rings. The summed E-state index contributed by atoms with van der Waals surface area (Å²) in [7, 11) is 0. The Balaban J connectivity index is 2.46. The molecule has 1 aliphatic heterocycles. The zero-order chi connectivity index (χ0) is 10.3. The van der Waals surface area contributed by atoms with Crippen LogP contribution in [0.4, 0.5) is 0 Å². The highest BCUT2D eigenvalue weighted by atomic mass is 35.5. The number of hydrogen-bond acceptors (Lipinski definition) is 1. The van der Waals surface area contributed by atoms with Gasteiger partial charge in [-0.25, -0.2) is 4.42 Å². The molecule has 76 valence electrons. The first-order chi connectivity index (χ1) is 6.59. The first-order valence-electron chi connectivity index (χ1n) is 5.13. The van der Waals surface area contributed by atoms with Gasteiger partial charge in [0.15, 0.2) is 0 Å². The molecular formula is C12H16ClN. The van der Waals surface area contributed by atoms with Gasteiger partial charge in [-0.05, 0) is 50.1 Å². The monoisotopic (exact) mass is 209 g/mol. The third-order valence-corrected chi connectivity index (χ3v) is 3.68. The van der Waals surface area contributed by atoms with E-state index in [0.717, 1.165) is 6.42 Å². The van der Waals surface area contributed by atoms with Gasteiger partial charge in [-0.1, -0.05) is 23.8 Å². The number of benzene rings is 1. The van der Waals surface area contributed by atoms with Crippen LogP contribution in [0.15, 0.2) is 18.2 Å². The highest BCUT2D eigenvalue weighted by molar-refractivity contribution is 6.13. The van der Waals surface area contributed by atoms with Crippen LogP contribution < -0.4 is 0 Å². The van der Waals surface area contributed by atoms with Gasteiger partial charge in [0.25, 0.3) is 0 Å². The van der Waals surface area contributed by atoms with E-state index in [-0.39, 0.29) is 0 Å². The van der Waals surface area contributed by atoms with E-state index in [1.807, 2.05) is 4.42 Å². The molecule has 1 nitrogen and oxygen atoms in total. The van der Waals surface area contributed by atoms with Crippen LogP contribution in [0.5, 0.6) is 0 Å². The zero-order valence-electron chi connectivity index (χ0n) is 8.92. The molecule has 0 fully saturated rings. The van der Waals surface area contributed by atoms with Gasteiger partial charge in [-0.2, -0.15) is 0 Å². The van der Waals surface area contributed by atoms with Gasteiger partial charge < -0.3 is 0 Å². The van der Waals surface area contributed by atoms with Crippen molar-refractivity contribution in [3.05, 3.63) is 34.9 Å². The molecule has 0 amide bonds. The molecule has 0 aliphatic carbocycles. The first-order valence-corrected chi connectivity index (χ1v) is 5.47. The Hall–Kier alpha value is -0.530. The molecule has 0 spiro atoms. The fraction of sp³-hybridized carbons (Fsp3) is 0.500. The molecule has 1 heterocycles. The van der Waals surface area contributed by atoms with Gasteiger partial charge in [0.05, 0.1) is 0 Å². The van der Waals surface area contributed by atoms with Crippen LogP contribution in [0, 0.1) is 6.92 Å². The average Bonchev–Trinajstić information content (AvgIpc) is 2.16. The Morgan fingerprint density at radius 3 is 2.79 bits per heavy atom. The summed E-state index contributed by atoms with van der Waals surface area (Å²) in [5.41, 5.74) is 4.15. The molecule has 1 aliphatic rings. The number of nitrogens with zero attached hydrogens (tertiary/aromatic N) is 1. The lowest BCUT2D eigenvalue weighted by Gasteiger charge is -2.35. The Morgan fingerprint density at radius 1 is 1.36 bits per heavy atom. The molecule has 0 bridgehead atoms. The van der Waals surface area contributed by atoms with Crippen molar-refractivity contribution in [3.63, 3.8) is 0 Å². The molecule has 2 heteroatoms. The average molecular weight is 210 g/mol. The molecule has 0 aromatic heterocycles. The summed E-state index contributed by atoms with van der Waals surface area (Å²) in [4.78, 5) is 0. The third kappa shape index (κ3) is 1.55. The third-order valence-electron chi connectivity index (χ3n) is 3.06. The van der Waals surface area contributed by atoms with E-state index in [4.69, 9.17) is 11.8 Å². The van der Waals surface area contributed by atoms with Crippen molar-refractivity contribution in [1.29, 1.82) is 0 Å². The van der Waals surface area contributed by atoms with E-state index in [2.05, 4.69) is 39.0 Å². The summed E-state index contributed by atoms with van der Waals surface area (Å²) in [5, 5.41) is 0. The van der Waals surface area contributed by atoms with E-state index < -0.39 is 0 Å². The van der Waals surface area contributed by atoms with Crippen LogP contribution in [-0.4, -0.2) is 10.5 Å². The van der Waals surface area contributed by atoms with Gasteiger partial charge >= 0.3 is 0 Å². The second-order valence-electron chi connectivity index (χ2n) is 4.28. The predicted octanol–water partition coefficient (Wildman–Crippen LogP) is 3.46. The van der Waals surface area contributed by atoms with E-state index in [0.29, 0.717) is 12.1 Å². The summed E-state index contributed by atoms with van der Waals surface area (Å²) < 4.78 is 1.93. The van der Waals surface area contributed by atoms with E-state index in [1.54, 1.807) is 0 Å². The van der Waals surface area contributed by atoms with E-state index >= 15 is 0 Å². The molecule has 0 saturated carbocycles. The van der Waals surface area contributed by atoms with E-state index in [1.165, 1.54) is 16.7 Å². The van der Waals surface area contributed by atoms with Gasteiger partial charge in [0, 0.05) is 12.1 Å². The number of halogens is 1. The molecule has 1 aromatic carbocycles.